The van der Waals surface area contributed by atoms with Gasteiger partial charge >= 0.3 is 6.18 Å². The first kappa shape index (κ1) is 35.0. The lowest BCUT2D eigenvalue weighted by Gasteiger charge is -2.29. The predicted octanol–water partition coefficient (Wildman–Crippen LogP) is 3.10. The number of halogens is 3. The normalized spacial score (nSPS) is 16.5. The van der Waals surface area contributed by atoms with Crippen LogP contribution in [0.5, 0.6) is 0 Å². The van der Waals surface area contributed by atoms with Gasteiger partial charge in [-0.25, -0.2) is 13.6 Å². The number of sulfonamides is 1. The standard InChI is InChI=1S/C32H37F3N4O6S/c1-31(2,37-17-24(41)19-40)16-29(42)38-26-13-11-22-15-23(32(33,34)35)12-14-27(22)39(30(26)43)18-20-7-9-21(10-8-20)25-5-3-4-6-28(25)46(36,44)45/h3-10,12,14-15,24,26,37,40-41H,11,13,16-19H2,1-2H3,(H,38,42)(H2,36,44,45)/t24-,26+/m0/s1. The van der Waals surface area contributed by atoms with Crippen LogP contribution in [0, 0.1) is 0 Å². The largest absolute Gasteiger partial charge is 0.416 e. The quantitative estimate of drug-likeness (QED) is 0.211. The van der Waals surface area contributed by atoms with Gasteiger partial charge in [0.05, 0.1) is 29.7 Å². The molecule has 248 valence electrons. The van der Waals surface area contributed by atoms with Gasteiger partial charge in [0.1, 0.15) is 6.04 Å². The molecule has 0 bridgehead atoms. The number of aliphatic hydroxyl groups is 2. The Balaban J connectivity index is 1.61. The van der Waals surface area contributed by atoms with Gasteiger partial charge in [0, 0.05) is 29.8 Å². The number of anilines is 1. The highest BCUT2D eigenvalue weighted by Crippen LogP contribution is 2.36. The highest BCUT2D eigenvalue weighted by atomic mass is 32.2. The van der Waals surface area contributed by atoms with Crippen molar-refractivity contribution in [3.63, 3.8) is 0 Å². The number of aryl methyl sites for hydroxylation is 1. The zero-order valence-corrected chi connectivity index (χ0v) is 26.2. The lowest BCUT2D eigenvalue weighted by Crippen LogP contribution is -2.51. The maximum absolute atomic E-state index is 13.9. The van der Waals surface area contributed by atoms with Crippen molar-refractivity contribution < 1.29 is 41.4 Å². The number of primary sulfonamides is 1. The van der Waals surface area contributed by atoms with Crippen LogP contribution in [0.2, 0.25) is 0 Å². The van der Waals surface area contributed by atoms with Crippen LogP contribution >= 0.6 is 0 Å². The van der Waals surface area contributed by atoms with E-state index in [0.717, 1.165) is 12.1 Å². The predicted molar refractivity (Wildman–Crippen MR) is 166 cm³/mol. The molecule has 2 amide bonds. The van der Waals surface area contributed by atoms with E-state index in [1.165, 1.54) is 17.0 Å². The zero-order valence-electron chi connectivity index (χ0n) is 25.3. The van der Waals surface area contributed by atoms with E-state index in [1.54, 1.807) is 56.3 Å². The summed E-state index contributed by atoms with van der Waals surface area (Å²) in [7, 11) is -4.00. The van der Waals surface area contributed by atoms with E-state index < -0.39 is 57.9 Å². The van der Waals surface area contributed by atoms with Gasteiger partial charge in [0.25, 0.3) is 0 Å². The number of β-amino-alcohol motifs (C(OH)–C–C–N with tert-alkyl or cyclic N) is 1. The summed E-state index contributed by atoms with van der Waals surface area (Å²) >= 11 is 0. The topological polar surface area (TPSA) is 162 Å². The van der Waals surface area contributed by atoms with Gasteiger partial charge in [-0.2, -0.15) is 13.2 Å². The summed E-state index contributed by atoms with van der Waals surface area (Å²) in [6.45, 7) is 2.99. The van der Waals surface area contributed by atoms with Gasteiger partial charge in [-0.1, -0.05) is 42.5 Å². The smallest absolute Gasteiger partial charge is 0.394 e. The molecule has 4 rings (SSSR count). The Bertz CT molecular complexity index is 1680. The van der Waals surface area contributed by atoms with E-state index in [-0.39, 0.29) is 37.2 Å². The molecule has 1 heterocycles. The molecule has 0 radical (unpaired) electrons. The fourth-order valence-electron chi connectivity index (χ4n) is 5.35. The molecule has 6 N–H and O–H groups in total. The highest BCUT2D eigenvalue weighted by Gasteiger charge is 2.36. The number of nitrogens with one attached hydrogen (secondary N) is 2. The summed E-state index contributed by atoms with van der Waals surface area (Å²) < 4.78 is 64.9. The fraction of sp³-hybridized carbons (Fsp3) is 0.375. The van der Waals surface area contributed by atoms with Crippen LogP contribution in [-0.2, 0) is 38.8 Å². The number of alkyl halides is 3. The Morgan fingerprint density at radius 2 is 1.76 bits per heavy atom. The van der Waals surface area contributed by atoms with Crippen LogP contribution in [0.25, 0.3) is 11.1 Å². The lowest BCUT2D eigenvalue weighted by molar-refractivity contribution is -0.137. The van der Waals surface area contributed by atoms with Gasteiger partial charge < -0.3 is 25.7 Å². The van der Waals surface area contributed by atoms with Gasteiger partial charge in [0.15, 0.2) is 0 Å². The Morgan fingerprint density at radius 3 is 2.39 bits per heavy atom. The maximum Gasteiger partial charge on any atom is 0.416 e. The van der Waals surface area contributed by atoms with E-state index >= 15 is 0 Å². The number of benzene rings is 3. The third kappa shape index (κ3) is 8.70. The molecule has 0 unspecified atom stereocenters. The molecule has 0 saturated heterocycles. The monoisotopic (exact) mass is 662 g/mol. The van der Waals surface area contributed by atoms with E-state index in [0.29, 0.717) is 27.9 Å². The number of hydrogen-bond donors (Lipinski definition) is 5. The molecule has 1 aliphatic heterocycles. The van der Waals surface area contributed by atoms with Crippen molar-refractivity contribution in [2.75, 3.05) is 18.1 Å². The average molecular weight is 663 g/mol. The third-order valence-corrected chi connectivity index (χ3v) is 8.70. The third-order valence-electron chi connectivity index (χ3n) is 7.73. The fourth-order valence-corrected chi connectivity index (χ4v) is 6.11. The van der Waals surface area contributed by atoms with Crippen LogP contribution in [0.1, 0.15) is 43.4 Å². The Hall–Kier alpha value is -3.82. The molecule has 0 spiro atoms. The number of hydrogen-bond acceptors (Lipinski definition) is 7. The molecule has 1 aliphatic rings. The number of carbonyl (C=O) groups excluding carboxylic acids is 2. The average Bonchev–Trinajstić information content (AvgIpc) is 3.11. The molecule has 3 aromatic rings. The molecule has 0 saturated carbocycles. The Labute approximate surface area is 265 Å². The first-order valence-corrected chi connectivity index (χ1v) is 16.1. The molecule has 0 aromatic heterocycles. The molecule has 0 fully saturated rings. The summed E-state index contributed by atoms with van der Waals surface area (Å²) in [6.07, 6.45) is -5.52. The first-order chi connectivity index (χ1) is 21.5. The second kappa shape index (κ2) is 13.9. The minimum Gasteiger partial charge on any atom is -0.394 e. The number of carbonyl (C=O) groups is 2. The van der Waals surface area contributed by atoms with Gasteiger partial charge in [0.2, 0.25) is 21.8 Å². The Morgan fingerprint density at radius 1 is 1.09 bits per heavy atom. The van der Waals surface area contributed by atoms with Gasteiger partial charge in [-0.05, 0) is 67.6 Å². The molecular weight excluding hydrogens is 625 g/mol. The molecular formula is C32H37F3N4O6S. The number of fused-ring (bicyclic) bond motifs is 1. The van der Waals surface area contributed by atoms with E-state index in [2.05, 4.69) is 10.6 Å². The molecule has 2 atom stereocenters. The second-order valence-corrected chi connectivity index (χ2v) is 13.5. The number of amides is 2. The lowest BCUT2D eigenvalue weighted by atomic mass is 9.99. The minimum absolute atomic E-state index is 0.0349. The van der Waals surface area contributed by atoms with Crippen molar-refractivity contribution in [2.24, 2.45) is 5.14 Å². The summed E-state index contributed by atoms with van der Waals surface area (Å²) in [4.78, 5) is 28.3. The molecule has 14 heteroatoms. The van der Waals surface area contributed by atoms with Crippen molar-refractivity contribution in [3.8, 4) is 11.1 Å². The molecule has 0 aliphatic carbocycles. The van der Waals surface area contributed by atoms with E-state index in [9.17, 15) is 36.3 Å². The SMILES string of the molecule is CC(C)(CC(=O)N[C@@H]1CCc2cc(C(F)(F)F)ccc2N(Cc2ccc(-c3ccccc3S(N)(=O)=O)cc2)C1=O)NC[C@H](O)CO. The number of nitrogens with two attached hydrogens (primary N) is 1. The highest BCUT2D eigenvalue weighted by molar-refractivity contribution is 7.89. The Kier molecular flexibility index (Phi) is 10.6. The molecule has 10 nitrogen and oxygen atoms in total. The number of nitrogens with zero attached hydrogens (tertiary/aromatic N) is 1. The van der Waals surface area contributed by atoms with Crippen LogP contribution in [0.15, 0.2) is 71.6 Å². The minimum atomic E-state index is -4.59. The maximum atomic E-state index is 13.9. The summed E-state index contributed by atoms with van der Waals surface area (Å²) in [5, 5.41) is 29.8. The second-order valence-electron chi connectivity index (χ2n) is 11.9. The van der Waals surface area contributed by atoms with E-state index in [4.69, 9.17) is 10.2 Å². The molecule has 46 heavy (non-hydrogen) atoms. The summed E-state index contributed by atoms with van der Waals surface area (Å²) in [6, 6.07) is 15.1. The summed E-state index contributed by atoms with van der Waals surface area (Å²) in [5.74, 6) is -0.980. The van der Waals surface area contributed by atoms with Crippen molar-refractivity contribution in [1.82, 2.24) is 10.6 Å². The molecule has 3 aromatic carbocycles. The van der Waals surface area contributed by atoms with E-state index in [1.807, 2.05) is 0 Å². The first-order valence-electron chi connectivity index (χ1n) is 14.5. The van der Waals surface area contributed by atoms with Gasteiger partial charge in [-0.15, -0.1) is 0 Å². The van der Waals surface area contributed by atoms with Crippen LogP contribution in [-0.4, -0.2) is 61.3 Å². The van der Waals surface area contributed by atoms with Crippen molar-refractivity contribution in [2.45, 2.75) is 68.4 Å². The zero-order chi connectivity index (χ0) is 33.9. The number of aliphatic hydroxyl groups excluding tert-OH is 2. The van der Waals surface area contributed by atoms with Crippen molar-refractivity contribution >= 4 is 27.5 Å². The van der Waals surface area contributed by atoms with Crippen molar-refractivity contribution in [1.29, 1.82) is 0 Å². The van der Waals surface area contributed by atoms with Crippen molar-refractivity contribution in [3.05, 3.63) is 83.4 Å². The van der Waals surface area contributed by atoms with Crippen LogP contribution < -0.4 is 20.7 Å². The summed E-state index contributed by atoms with van der Waals surface area (Å²) in [5.41, 5.74) is 0.490. The van der Waals surface area contributed by atoms with Gasteiger partial charge in [-0.3, -0.25) is 9.59 Å². The number of rotatable bonds is 11. The van der Waals surface area contributed by atoms with Crippen LogP contribution in [0.4, 0.5) is 18.9 Å². The van der Waals surface area contributed by atoms with Crippen LogP contribution in [0.3, 0.4) is 0 Å².